The number of anilines is 2. The molecule has 5 nitrogen and oxygen atoms in total. The summed E-state index contributed by atoms with van der Waals surface area (Å²) in [7, 11) is 1.81. The van der Waals surface area contributed by atoms with Gasteiger partial charge in [0, 0.05) is 20.2 Å². The molecule has 3 N–H and O–H groups in total. The van der Waals surface area contributed by atoms with Crippen LogP contribution in [0.5, 0.6) is 0 Å². The number of hydrogen-bond acceptors (Lipinski definition) is 6. The zero-order valence-corrected chi connectivity index (χ0v) is 11.4. The number of aromatic nitrogens is 2. The number of thiophene rings is 1. The number of fused-ring (bicyclic) bond motifs is 1. The highest BCUT2D eigenvalue weighted by Gasteiger charge is 2.09. The fourth-order valence-corrected chi connectivity index (χ4v) is 2.46. The van der Waals surface area contributed by atoms with Crippen molar-refractivity contribution in [2.45, 2.75) is 13.3 Å². The highest BCUT2D eigenvalue weighted by atomic mass is 32.1. The van der Waals surface area contributed by atoms with Gasteiger partial charge in [0.1, 0.15) is 10.6 Å². The first-order chi connectivity index (χ1) is 8.74. The minimum absolute atomic E-state index is 0.224. The van der Waals surface area contributed by atoms with Gasteiger partial charge < -0.3 is 15.7 Å². The molecule has 0 saturated carbocycles. The van der Waals surface area contributed by atoms with Gasteiger partial charge in [-0.05, 0) is 23.8 Å². The van der Waals surface area contributed by atoms with Crippen LogP contribution in [0.2, 0.25) is 0 Å². The Kier molecular flexibility index (Phi) is 4.33. The van der Waals surface area contributed by atoms with Crippen molar-refractivity contribution in [2.75, 3.05) is 30.8 Å². The van der Waals surface area contributed by atoms with Crippen LogP contribution in [0.3, 0.4) is 0 Å². The molecular formula is C12H18N4OS. The molecule has 0 fully saturated rings. The van der Waals surface area contributed by atoms with Crippen molar-refractivity contribution in [1.82, 2.24) is 9.97 Å². The zero-order chi connectivity index (χ0) is 13.0. The smallest absolute Gasteiger partial charge is 0.225 e. The van der Waals surface area contributed by atoms with Crippen molar-refractivity contribution in [3.8, 4) is 0 Å². The van der Waals surface area contributed by atoms with Crippen molar-refractivity contribution in [1.29, 1.82) is 0 Å². The lowest BCUT2D eigenvalue weighted by Gasteiger charge is -2.13. The molecule has 0 saturated heterocycles. The van der Waals surface area contributed by atoms with Crippen LogP contribution < -0.4 is 10.6 Å². The van der Waals surface area contributed by atoms with E-state index < -0.39 is 0 Å². The monoisotopic (exact) mass is 266 g/mol. The Morgan fingerprint density at radius 1 is 1.44 bits per heavy atom. The summed E-state index contributed by atoms with van der Waals surface area (Å²) in [6, 6.07) is 2.03. The highest BCUT2D eigenvalue weighted by Crippen LogP contribution is 2.26. The normalized spacial score (nSPS) is 12.6. The van der Waals surface area contributed by atoms with E-state index in [1.54, 1.807) is 11.3 Å². The van der Waals surface area contributed by atoms with Gasteiger partial charge in [0.25, 0.3) is 0 Å². The molecule has 18 heavy (non-hydrogen) atoms. The topological polar surface area (TPSA) is 70.1 Å². The van der Waals surface area contributed by atoms with E-state index in [0.29, 0.717) is 11.9 Å². The van der Waals surface area contributed by atoms with Gasteiger partial charge in [0.15, 0.2) is 0 Å². The zero-order valence-electron chi connectivity index (χ0n) is 10.6. The molecular weight excluding hydrogens is 248 g/mol. The highest BCUT2D eigenvalue weighted by molar-refractivity contribution is 7.16. The molecule has 2 heterocycles. The number of rotatable bonds is 6. The van der Waals surface area contributed by atoms with Crippen LogP contribution in [-0.2, 0) is 0 Å². The van der Waals surface area contributed by atoms with Crippen molar-refractivity contribution < 1.29 is 5.11 Å². The predicted molar refractivity (Wildman–Crippen MR) is 76.3 cm³/mol. The fourth-order valence-electron chi connectivity index (χ4n) is 1.70. The molecule has 0 aromatic carbocycles. The summed E-state index contributed by atoms with van der Waals surface area (Å²) >= 11 is 1.60. The van der Waals surface area contributed by atoms with Gasteiger partial charge in [-0.2, -0.15) is 4.98 Å². The first-order valence-corrected chi connectivity index (χ1v) is 6.90. The van der Waals surface area contributed by atoms with Gasteiger partial charge >= 0.3 is 0 Å². The van der Waals surface area contributed by atoms with Crippen LogP contribution in [0.4, 0.5) is 11.8 Å². The molecule has 0 aliphatic rings. The summed E-state index contributed by atoms with van der Waals surface area (Å²) in [6.07, 6.45) is 0.795. The Bertz CT molecular complexity index is 514. The first kappa shape index (κ1) is 13.0. The van der Waals surface area contributed by atoms with Gasteiger partial charge in [-0.25, -0.2) is 4.98 Å². The molecule has 1 atom stereocenters. The summed E-state index contributed by atoms with van der Waals surface area (Å²) in [5.41, 5.74) is 0. The quantitative estimate of drug-likeness (QED) is 0.747. The summed E-state index contributed by atoms with van der Waals surface area (Å²) in [5, 5.41) is 18.3. The molecule has 2 aromatic heterocycles. The maximum Gasteiger partial charge on any atom is 0.225 e. The van der Waals surface area contributed by atoms with Crippen LogP contribution in [0.25, 0.3) is 10.2 Å². The fraction of sp³-hybridized carbons (Fsp3) is 0.500. The summed E-state index contributed by atoms with van der Waals surface area (Å²) in [4.78, 5) is 9.81. The van der Waals surface area contributed by atoms with Gasteiger partial charge in [-0.15, -0.1) is 11.3 Å². The minimum atomic E-state index is 0.224. The third kappa shape index (κ3) is 2.88. The second-order valence-corrected chi connectivity index (χ2v) is 5.18. The van der Waals surface area contributed by atoms with E-state index in [0.717, 1.165) is 29.0 Å². The molecule has 0 spiro atoms. The lowest BCUT2D eigenvalue weighted by Crippen LogP contribution is -2.14. The first-order valence-electron chi connectivity index (χ1n) is 6.02. The number of aliphatic hydroxyl groups excluding tert-OH is 1. The Hall–Kier alpha value is -1.40. The average Bonchev–Trinajstić information content (AvgIpc) is 2.84. The summed E-state index contributed by atoms with van der Waals surface area (Å²) in [6.45, 7) is 3.13. The average molecular weight is 266 g/mol. The maximum absolute atomic E-state index is 8.89. The molecule has 0 amide bonds. The molecule has 0 aliphatic heterocycles. The third-order valence-corrected chi connectivity index (χ3v) is 3.60. The lowest BCUT2D eigenvalue weighted by atomic mass is 10.1. The van der Waals surface area contributed by atoms with E-state index in [4.69, 9.17) is 5.11 Å². The molecule has 2 rings (SSSR count). The van der Waals surface area contributed by atoms with Crippen LogP contribution >= 0.6 is 11.3 Å². The van der Waals surface area contributed by atoms with E-state index in [1.807, 2.05) is 18.5 Å². The Morgan fingerprint density at radius 3 is 3.00 bits per heavy atom. The number of aliphatic hydroxyl groups is 1. The standard InChI is InChI=1S/C12H18N4OS/c1-8(3-5-17)7-14-10-9-4-6-18-11(9)16-12(13-2)15-10/h4,6,8,17H,3,5,7H2,1-2H3,(H2,13,14,15,16). The Balaban J connectivity index is 2.18. The van der Waals surface area contributed by atoms with Crippen LogP contribution in [0.15, 0.2) is 11.4 Å². The molecule has 6 heteroatoms. The third-order valence-electron chi connectivity index (χ3n) is 2.79. The van der Waals surface area contributed by atoms with Crippen LogP contribution in [0.1, 0.15) is 13.3 Å². The van der Waals surface area contributed by atoms with E-state index in [-0.39, 0.29) is 6.61 Å². The second kappa shape index (κ2) is 5.97. The summed E-state index contributed by atoms with van der Waals surface area (Å²) in [5.74, 6) is 1.90. The van der Waals surface area contributed by atoms with Crippen molar-refractivity contribution in [3.05, 3.63) is 11.4 Å². The van der Waals surface area contributed by atoms with Crippen LogP contribution in [0, 0.1) is 5.92 Å². The van der Waals surface area contributed by atoms with Crippen LogP contribution in [-0.4, -0.2) is 35.3 Å². The SMILES string of the molecule is CNc1nc(NCC(C)CCO)c2ccsc2n1. The second-order valence-electron chi connectivity index (χ2n) is 4.28. The van der Waals surface area contributed by atoms with E-state index in [9.17, 15) is 0 Å². The van der Waals surface area contributed by atoms with E-state index in [2.05, 4.69) is 27.5 Å². The minimum Gasteiger partial charge on any atom is -0.396 e. The molecule has 0 bridgehead atoms. The lowest BCUT2D eigenvalue weighted by molar-refractivity contribution is 0.266. The maximum atomic E-state index is 8.89. The van der Waals surface area contributed by atoms with Gasteiger partial charge in [-0.3, -0.25) is 0 Å². The van der Waals surface area contributed by atoms with Gasteiger partial charge in [-0.1, -0.05) is 6.92 Å². The predicted octanol–water partition coefficient (Wildman–Crippen LogP) is 2.16. The Labute approximate surface area is 110 Å². The molecule has 2 aromatic rings. The van der Waals surface area contributed by atoms with Gasteiger partial charge in [0.05, 0.1) is 5.39 Å². The largest absolute Gasteiger partial charge is 0.396 e. The van der Waals surface area contributed by atoms with E-state index in [1.165, 1.54) is 0 Å². The molecule has 0 radical (unpaired) electrons. The van der Waals surface area contributed by atoms with E-state index >= 15 is 0 Å². The van der Waals surface area contributed by atoms with Crippen molar-refractivity contribution in [3.63, 3.8) is 0 Å². The number of hydrogen-bond donors (Lipinski definition) is 3. The number of nitrogens with zero attached hydrogens (tertiary/aromatic N) is 2. The van der Waals surface area contributed by atoms with Crippen molar-refractivity contribution in [2.24, 2.45) is 5.92 Å². The molecule has 98 valence electrons. The molecule has 0 aliphatic carbocycles. The Morgan fingerprint density at radius 2 is 2.28 bits per heavy atom. The van der Waals surface area contributed by atoms with Crippen molar-refractivity contribution >= 4 is 33.3 Å². The molecule has 1 unspecified atom stereocenters. The number of nitrogens with one attached hydrogen (secondary N) is 2. The summed E-state index contributed by atoms with van der Waals surface area (Å²) < 4.78 is 0. The van der Waals surface area contributed by atoms with Gasteiger partial charge in [0.2, 0.25) is 5.95 Å².